The molecule has 4 aromatic carbocycles. The van der Waals surface area contributed by atoms with Crippen LogP contribution in [0, 0.1) is 12.0 Å². The fraction of sp³-hybridized carbons (Fsp3) is 0.306. The van der Waals surface area contributed by atoms with Crippen molar-refractivity contribution in [3.05, 3.63) is 123 Å². The largest absolute Gasteiger partial charge is 0.355 e. The number of hydrogen-bond donors (Lipinski definition) is 1. The number of nitrogens with zero attached hydrogens (tertiary/aromatic N) is 1. The van der Waals surface area contributed by atoms with Crippen molar-refractivity contribution in [2.24, 2.45) is 5.41 Å². The number of aromatic nitrogens is 1. The van der Waals surface area contributed by atoms with Crippen LogP contribution in [-0.4, -0.2) is 4.98 Å². The third kappa shape index (κ3) is 3.11. The SMILES string of the molecule is [C-]#[N+]c1c2c(c3c([nH]c4ccc(C(C)(C)C)cc43)c1CC(C)(C)C)C1c3ccccc3C2c2ccccc21. The minimum Gasteiger partial charge on any atom is -0.355 e. The summed E-state index contributed by atoms with van der Waals surface area (Å²) < 4.78 is 0. The van der Waals surface area contributed by atoms with Crippen molar-refractivity contribution in [3.63, 3.8) is 0 Å². The Morgan fingerprint density at radius 2 is 1.32 bits per heavy atom. The molecule has 0 aliphatic heterocycles. The second-order valence-corrected chi connectivity index (χ2v) is 13.5. The van der Waals surface area contributed by atoms with Gasteiger partial charge in [-0.25, -0.2) is 4.85 Å². The predicted octanol–water partition coefficient (Wildman–Crippen LogP) is 9.75. The van der Waals surface area contributed by atoms with Crippen molar-refractivity contribution in [1.29, 1.82) is 0 Å². The van der Waals surface area contributed by atoms with Crippen molar-refractivity contribution in [3.8, 4) is 0 Å². The highest BCUT2D eigenvalue weighted by atomic mass is 14.8. The van der Waals surface area contributed by atoms with Crippen molar-refractivity contribution in [1.82, 2.24) is 4.98 Å². The molecule has 38 heavy (non-hydrogen) atoms. The number of hydrogen-bond acceptors (Lipinski definition) is 0. The van der Waals surface area contributed by atoms with Gasteiger partial charge in [-0.15, -0.1) is 0 Å². The van der Waals surface area contributed by atoms with Gasteiger partial charge in [0.2, 0.25) is 0 Å². The normalized spacial score (nSPS) is 17.8. The maximum absolute atomic E-state index is 8.52. The number of rotatable bonds is 1. The lowest BCUT2D eigenvalue weighted by Gasteiger charge is -2.44. The fourth-order valence-corrected chi connectivity index (χ4v) is 7.16. The third-order valence-electron chi connectivity index (χ3n) is 8.70. The first kappa shape index (κ1) is 23.3. The molecule has 0 unspecified atom stereocenters. The molecule has 8 rings (SSSR count). The number of benzene rings is 4. The molecule has 188 valence electrons. The highest BCUT2D eigenvalue weighted by molar-refractivity contribution is 6.14. The molecule has 2 nitrogen and oxygen atoms in total. The summed E-state index contributed by atoms with van der Waals surface area (Å²) in [6, 6.07) is 24.8. The van der Waals surface area contributed by atoms with Gasteiger partial charge >= 0.3 is 0 Å². The van der Waals surface area contributed by atoms with Crippen molar-refractivity contribution < 1.29 is 0 Å². The fourth-order valence-electron chi connectivity index (χ4n) is 7.16. The van der Waals surface area contributed by atoms with Crippen LogP contribution in [0.4, 0.5) is 5.69 Å². The highest BCUT2D eigenvalue weighted by Crippen LogP contribution is 2.61. The minimum atomic E-state index is 0.0535. The molecule has 3 aliphatic rings. The Bertz CT molecular complexity index is 1780. The molecule has 1 heterocycles. The average Bonchev–Trinajstić information content (AvgIpc) is 3.26. The number of aromatic amines is 1. The van der Waals surface area contributed by atoms with Gasteiger partial charge in [0.05, 0.1) is 6.57 Å². The van der Waals surface area contributed by atoms with Gasteiger partial charge in [0.1, 0.15) is 0 Å². The van der Waals surface area contributed by atoms with Crippen molar-refractivity contribution >= 4 is 27.5 Å². The van der Waals surface area contributed by atoms with Crippen LogP contribution in [0.5, 0.6) is 0 Å². The monoisotopic (exact) mass is 494 g/mol. The van der Waals surface area contributed by atoms with Gasteiger partial charge < -0.3 is 4.98 Å². The molecule has 2 bridgehead atoms. The van der Waals surface area contributed by atoms with E-state index in [2.05, 4.69) is 118 Å². The van der Waals surface area contributed by atoms with Crippen LogP contribution >= 0.6 is 0 Å². The summed E-state index contributed by atoms with van der Waals surface area (Å²) in [5, 5.41) is 2.62. The van der Waals surface area contributed by atoms with Crippen LogP contribution in [0.1, 0.15) is 97.9 Å². The molecule has 0 saturated heterocycles. The van der Waals surface area contributed by atoms with E-state index in [-0.39, 0.29) is 22.7 Å². The van der Waals surface area contributed by atoms with Crippen LogP contribution in [0.15, 0.2) is 66.7 Å². The number of nitrogens with one attached hydrogen (secondary N) is 1. The standard InChI is InChI=1S/C36H34N2/c1-35(2,3)19-26-33(37-7)32-29-23-14-10-8-12-21(23)28(22-13-9-11-15-24(22)29)31(32)30-25-18-20(36(4,5)6)16-17-27(25)38-34(26)30/h8-18,28-29,38H,19H2,1-6H3. The van der Waals surface area contributed by atoms with E-state index in [1.165, 1.54) is 55.3 Å². The van der Waals surface area contributed by atoms with E-state index in [4.69, 9.17) is 6.57 Å². The van der Waals surface area contributed by atoms with Gasteiger partial charge in [0.15, 0.2) is 5.69 Å². The highest BCUT2D eigenvalue weighted by Gasteiger charge is 2.44. The first-order valence-corrected chi connectivity index (χ1v) is 13.8. The second-order valence-electron chi connectivity index (χ2n) is 13.5. The number of H-pyrrole nitrogens is 1. The molecule has 0 spiro atoms. The Labute approximate surface area is 225 Å². The van der Waals surface area contributed by atoms with E-state index in [0.717, 1.165) is 23.1 Å². The van der Waals surface area contributed by atoms with Gasteiger partial charge in [-0.05, 0) is 73.9 Å². The lowest BCUT2D eigenvalue weighted by molar-refractivity contribution is 0.413. The Hall–Kier alpha value is -3.83. The number of fused-ring (bicyclic) bond motifs is 3. The van der Waals surface area contributed by atoms with Gasteiger partial charge in [-0.1, -0.05) is 96.1 Å². The Balaban J connectivity index is 1.71. The van der Waals surface area contributed by atoms with E-state index in [9.17, 15) is 0 Å². The molecular formula is C36H34N2. The molecule has 5 aromatic rings. The Morgan fingerprint density at radius 1 is 0.763 bits per heavy atom. The van der Waals surface area contributed by atoms with Gasteiger partial charge in [-0.2, -0.15) is 0 Å². The zero-order chi connectivity index (χ0) is 26.6. The lowest BCUT2D eigenvalue weighted by atomic mass is 9.59. The zero-order valence-corrected chi connectivity index (χ0v) is 23.2. The second kappa shape index (κ2) is 7.61. The van der Waals surface area contributed by atoms with Crippen LogP contribution in [0.25, 0.3) is 26.7 Å². The molecule has 0 radical (unpaired) electrons. The molecular weight excluding hydrogens is 460 g/mol. The van der Waals surface area contributed by atoms with E-state index in [1.807, 2.05) is 0 Å². The summed E-state index contributed by atoms with van der Waals surface area (Å²) >= 11 is 0. The maximum Gasteiger partial charge on any atom is 0.196 e. The first-order chi connectivity index (χ1) is 18.1. The average molecular weight is 495 g/mol. The smallest absolute Gasteiger partial charge is 0.196 e. The molecule has 0 fully saturated rings. The summed E-state index contributed by atoms with van der Waals surface area (Å²) in [5.41, 5.74) is 13.9. The van der Waals surface area contributed by atoms with E-state index in [1.54, 1.807) is 0 Å². The van der Waals surface area contributed by atoms with Gasteiger partial charge in [0, 0.05) is 33.6 Å². The molecule has 0 atom stereocenters. The summed E-state index contributed by atoms with van der Waals surface area (Å²) in [4.78, 5) is 8.18. The zero-order valence-electron chi connectivity index (χ0n) is 23.2. The topological polar surface area (TPSA) is 20.1 Å². The third-order valence-corrected chi connectivity index (χ3v) is 8.70. The van der Waals surface area contributed by atoms with E-state index >= 15 is 0 Å². The minimum absolute atomic E-state index is 0.0535. The summed E-state index contributed by atoms with van der Waals surface area (Å²) in [5.74, 6) is 0.219. The summed E-state index contributed by atoms with van der Waals surface area (Å²) in [6.45, 7) is 22.2. The summed E-state index contributed by atoms with van der Waals surface area (Å²) in [7, 11) is 0. The van der Waals surface area contributed by atoms with Crippen LogP contribution in [-0.2, 0) is 11.8 Å². The Kier molecular flexibility index (Phi) is 4.66. The van der Waals surface area contributed by atoms with Crippen molar-refractivity contribution in [2.45, 2.75) is 65.2 Å². The molecule has 1 N–H and O–H groups in total. The van der Waals surface area contributed by atoms with E-state index < -0.39 is 0 Å². The maximum atomic E-state index is 8.52. The molecule has 0 saturated carbocycles. The molecule has 1 aromatic heterocycles. The predicted molar refractivity (Wildman–Crippen MR) is 159 cm³/mol. The quantitative estimate of drug-likeness (QED) is 0.219. The Morgan fingerprint density at radius 3 is 1.82 bits per heavy atom. The first-order valence-electron chi connectivity index (χ1n) is 13.8. The molecule has 0 amide bonds. The van der Waals surface area contributed by atoms with Crippen molar-refractivity contribution in [2.75, 3.05) is 0 Å². The van der Waals surface area contributed by atoms with Gasteiger partial charge in [-0.3, -0.25) is 0 Å². The van der Waals surface area contributed by atoms with Crippen LogP contribution in [0.3, 0.4) is 0 Å². The lowest BCUT2D eigenvalue weighted by Crippen LogP contribution is -2.28. The van der Waals surface area contributed by atoms with Gasteiger partial charge in [0.25, 0.3) is 0 Å². The summed E-state index contributed by atoms with van der Waals surface area (Å²) in [6.07, 6.45) is 0.855. The van der Waals surface area contributed by atoms with Crippen LogP contribution < -0.4 is 0 Å². The van der Waals surface area contributed by atoms with E-state index in [0.29, 0.717) is 0 Å². The molecule has 2 heteroatoms. The van der Waals surface area contributed by atoms with Crippen LogP contribution in [0.2, 0.25) is 0 Å². The molecule has 3 aliphatic carbocycles.